The van der Waals surface area contributed by atoms with E-state index in [1.807, 2.05) is 56.6 Å². The van der Waals surface area contributed by atoms with E-state index >= 15 is 4.39 Å². The Kier molecular flexibility index (Phi) is 5.71. The number of hydrogen-bond donors (Lipinski definition) is 1. The van der Waals surface area contributed by atoms with Crippen molar-refractivity contribution in [1.29, 1.82) is 0 Å². The number of hydrogen-bond acceptors (Lipinski definition) is 5. The molecule has 0 saturated heterocycles. The van der Waals surface area contributed by atoms with E-state index in [1.54, 1.807) is 18.6 Å². The fourth-order valence-corrected chi connectivity index (χ4v) is 3.98. The molecule has 0 aliphatic heterocycles. The lowest BCUT2D eigenvalue weighted by Crippen LogP contribution is -2.15. The lowest BCUT2D eigenvalue weighted by molar-refractivity contribution is 0.281. The van der Waals surface area contributed by atoms with Crippen LogP contribution in [0.1, 0.15) is 6.42 Å². The summed E-state index contributed by atoms with van der Waals surface area (Å²) in [6.45, 7) is 1.60. The highest BCUT2D eigenvalue weighted by atomic mass is 19.1. The molecule has 5 aromatic rings. The predicted molar refractivity (Wildman–Crippen MR) is 129 cm³/mol. The van der Waals surface area contributed by atoms with Crippen molar-refractivity contribution in [3.05, 3.63) is 73.1 Å². The number of fused-ring (bicyclic) bond motifs is 3. The Morgan fingerprint density at radius 3 is 2.61 bits per heavy atom. The molecule has 0 unspecified atom stereocenters. The van der Waals surface area contributed by atoms with Gasteiger partial charge in [0.1, 0.15) is 17.2 Å². The highest BCUT2D eigenvalue weighted by Gasteiger charge is 2.17. The van der Waals surface area contributed by atoms with Crippen LogP contribution in [0.15, 0.2) is 67.3 Å². The first kappa shape index (κ1) is 21.0. The number of ether oxygens (including phenoxy) is 1. The van der Waals surface area contributed by atoms with Gasteiger partial charge in [0.25, 0.3) is 0 Å². The van der Waals surface area contributed by atoms with Crippen LogP contribution >= 0.6 is 0 Å². The number of nitrogens with zero attached hydrogens (tertiary/aromatic N) is 4. The van der Waals surface area contributed by atoms with Gasteiger partial charge in [-0.15, -0.1) is 0 Å². The third-order valence-electron chi connectivity index (χ3n) is 5.58. The molecule has 0 spiro atoms. The van der Waals surface area contributed by atoms with Crippen molar-refractivity contribution in [3.63, 3.8) is 0 Å². The first-order valence-corrected chi connectivity index (χ1v) is 10.8. The van der Waals surface area contributed by atoms with Gasteiger partial charge >= 0.3 is 0 Å². The van der Waals surface area contributed by atoms with E-state index in [4.69, 9.17) is 4.74 Å². The Balaban J connectivity index is 1.54. The van der Waals surface area contributed by atoms with Crippen LogP contribution in [0.25, 0.3) is 44.3 Å². The number of pyridine rings is 3. The highest BCUT2D eigenvalue weighted by molar-refractivity contribution is 6.13. The molecule has 0 fully saturated rings. The third kappa shape index (κ3) is 4.27. The monoisotopic (exact) mass is 441 g/mol. The number of H-pyrrole nitrogens is 1. The summed E-state index contributed by atoms with van der Waals surface area (Å²) in [6, 6.07) is 13.3. The van der Waals surface area contributed by atoms with Gasteiger partial charge < -0.3 is 14.6 Å². The zero-order chi connectivity index (χ0) is 22.8. The van der Waals surface area contributed by atoms with Gasteiger partial charge in [-0.1, -0.05) is 12.1 Å². The van der Waals surface area contributed by atoms with Crippen molar-refractivity contribution in [1.82, 2.24) is 24.8 Å². The first-order valence-electron chi connectivity index (χ1n) is 10.8. The van der Waals surface area contributed by atoms with Crippen LogP contribution in [0.2, 0.25) is 0 Å². The van der Waals surface area contributed by atoms with Crippen LogP contribution in [-0.4, -0.2) is 52.1 Å². The SMILES string of the molecule is CN(C)CCCOc1ccc(-c2c(F)cnc3[nH]c4cnc(-c5cccnc5)cc4c23)cc1. The molecule has 4 heterocycles. The van der Waals surface area contributed by atoms with E-state index in [1.165, 1.54) is 6.20 Å². The van der Waals surface area contributed by atoms with Crippen LogP contribution in [0, 0.1) is 5.82 Å². The van der Waals surface area contributed by atoms with Crippen molar-refractivity contribution in [2.45, 2.75) is 6.42 Å². The predicted octanol–water partition coefficient (Wildman–Crippen LogP) is 5.31. The van der Waals surface area contributed by atoms with E-state index in [0.717, 1.165) is 51.8 Å². The third-order valence-corrected chi connectivity index (χ3v) is 5.58. The first-order chi connectivity index (χ1) is 16.1. The quantitative estimate of drug-likeness (QED) is 0.347. The van der Waals surface area contributed by atoms with Gasteiger partial charge in [0, 0.05) is 40.8 Å². The van der Waals surface area contributed by atoms with Gasteiger partial charge in [0.05, 0.1) is 30.2 Å². The maximum absolute atomic E-state index is 15.1. The zero-order valence-electron chi connectivity index (χ0n) is 18.5. The molecule has 1 aromatic carbocycles. The smallest absolute Gasteiger partial charge is 0.150 e. The molecule has 7 heteroatoms. The average Bonchev–Trinajstić information content (AvgIpc) is 3.21. The second-order valence-electron chi connectivity index (χ2n) is 8.22. The molecule has 0 saturated carbocycles. The fourth-order valence-electron chi connectivity index (χ4n) is 3.98. The number of halogens is 1. The van der Waals surface area contributed by atoms with E-state index < -0.39 is 0 Å². The lowest BCUT2D eigenvalue weighted by Gasteiger charge is -2.11. The molecule has 0 aliphatic rings. The van der Waals surface area contributed by atoms with Crippen LogP contribution in [0.5, 0.6) is 5.75 Å². The summed E-state index contributed by atoms with van der Waals surface area (Å²) in [7, 11) is 4.08. The topological polar surface area (TPSA) is 66.9 Å². The maximum atomic E-state index is 15.1. The fraction of sp³-hybridized carbons (Fsp3) is 0.192. The Morgan fingerprint density at radius 2 is 1.85 bits per heavy atom. The van der Waals surface area contributed by atoms with Gasteiger partial charge in [-0.25, -0.2) is 9.37 Å². The number of nitrogens with one attached hydrogen (secondary N) is 1. The molecule has 1 N–H and O–H groups in total. The summed E-state index contributed by atoms with van der Waals surface area (Å²) in [5, 5.41) is 1.60. The van der Waals surface area contributed by atoms with Crippen LogP contribution in [0.3, 0.4) is 0 Å². The highest BCUT2D eigenvalue weighted by Crippen LogP contribution is 2.37. The van der Waals surface area contributed by atoms with Gasteiger partial charge in [0.2, 0.25) is 0 Å². The Labute approximate surface area is 191 Å². The summed E-state index contributed by atoms with van der Waals surface area (Å²) in [4.78, 5) is 18.4. The molecule has 0 aliphatic carbocycles. The van der Waals surface area contributed by atoms with Crippen molar-refractivity contribution in [2.24, 2.45) is 0 Å². The Hall–Kier alpha value is -3.84. The molecular formula is C26H24FN5O. The minimum atomic E-state index is -0.372. The molecule has 166 valence electrons. The van der Waals surface area contributed by atoms with E-state index in [2.05, 4.69) is 24.8 Å². The van der Waals surface area contributed by atoms with Crippen molar-refractivity contribution in [3.8, 4) is 28.1 Å². The number of aromatic nitrogens is 4. The summed E-state index contributed by atoms with van der Waals surface area (Å²) in [5.41, 5.74) is 4.37. The second-order valence-corrected chi connectivity index (χ2v) is 8.22. The molecule has 0 radical (unpaired) electrons. The van der Waals surface area contributed by atoms with Gasteiger partial charge in [0.15, 0.2) is 0 Å². The molecule has 5 rings (SSSR count). The molecule has 33 heavy (non-hydrogen) atoms. The second kappa shape index (κ2) is 8.96. The molecule has 0 amide bonds. The average molecular weight is 442 g/mol. The Bertz CT molecular complexity index is 1400. The molecule has 0 bridgehead atoms. The van der Waals surface area contributed by atoms with Crippen LogP contribution in [-0.2, 0) is 0 Å². The van der Waals surface area contributed by atoms with Crippen LogP contribution < -0.4 is 4.74 Å². The minimum absolute atomic E-state index is 0.372. The lowest BCUT2D eigenvalue weighted by atomic mass is 10.0. The maximum Gasteiger partial charge on any atom is 0.150 e. The van der Waals surface area contributed by atoms with E-state index in [9.17, 15) is 0 Å². The van der Waals surface area contributed by atoms with Gasteiger partial charge in [-0.3, -0.25) is 9.97 Å². The number of benzene rings is 1. The summed E-state index contributed by atoms with van der Waals surface area (Å²) in [5.74, 6) is 0.396. The van der Waals surface area contributed by atoms with Gasteiger partial charge in [-0.05, 0) is 56.4 Å². The number of rotatable bonds is 7. The minimum Gasteiger partial charge on any atom is -0.494 e. The summed E-state index contributed by atoms with van der Waals surface area (Å²) >= 11 is 0. The summed E-state index contributed by atoms with van der Waals surface area (Å²) < 4.78 is 21.0. The zero-order valence-corrected chi connectivity index (χ0v) is 18.5. The van der Waals surface area contributed by atoms with Gasteiger partial charge in [-0.2, -0.15) is 0 Å². The van der Waals surface area contributed by atoms with Crippen LogP contribution in [0.4, 0.5) is 4.39 Å². The largest absolute Gasteiger partial charge is 0.494 e. The molecule has 4 aromatic heterocycles. The van der Waals surface area contributed by atoms with Crippen molar-refractivity contribution < 1.29 is 9.13 Å². The molecular weight excluding hydrogens is 417 g/mol. The standard InChI is InChI=1S/C26H24FN5O/c1-32(2)11-4-12-33-19-8-6-17(7-9-19)24-21(27)15-30-26-25(24)20-13-22(29-16-23(20)31-26)18-5-3-10-28-14-18/h3,5-10,13-16H,4,11-12H2,1-2H3,(H,30,31). The Morgan fingerprint density at radius 1 is 1.00 bits per heavy atom. The normalized spacial score (nSPS) is 11.5. The van der Waals surface area contributed by atoms with Crippen molar-refractivity contribution >= 4 is 21.9 Å². The van der Waals surface area contributed by atoms with E-state index in [-0.39, 0.29) is 5.82 Å². The van der Waals surface area contributed by atoms with Crippen molar-refractivity contribution in [2.75, 3.05) is 27.2 Å². The molecule has 6 nitrogen and oxygen atoms in total. The summed E-state index contributed by atoms with van der Waals surface area (Å²) in [6.07, 6.45) is 7.44. The number of aromatic amines is 1. The molecule has 0 atom stereocenters. The van der Waals surface area contributed by atoms with E-state index in [0.29, 0.717) is 17.8 Å².